The molecular weight excluding hydrogens is 352 g/mol. The van der Waals surface area contributed by atoms with Gasteiger partial charge in [0.1, 0.15) is 0 Å². The van der Waals surface area contributed by atoms with Crippen molar-refractivity contribution in [1.82, 2.24) is 40.0 Å². The molecule has 0 unspecified atom stereocenters. The molecule has 4 aromatic rings. The number of tetrazole rings is 1. The zero-order valence-corrected chi connectivity index (χ0v) is 14.8. The summed E-state index contributed by atoms with van der Waals surface area (Å²) in [4.78, 5) is 12.8. The highest BCUT2D eigenvalue weighted by molar-refractivity contribution is 7.98. The van der Waals surface area contributed by atoms with Gasteiger partial charge in [0.05, 0.1) is 11.6 Å². The van der Waals surface area contributed by atoms with Gasteiger partial charge in [-0.05, 0) is 53.1 Å². The van der Waals surface area contributed by atoms with Gasteiger partial charge in [-0.2, -0.15) is 16.3 Å². The molecule has 4 heterocycles. The first-order valence-electron chi connectivity index (χ1n) is 8.03. The lowest BCUT2D eigenvalue weighted by Gasteiger charge is -2.17. The predicted octanol–water partition coefficient (Wildman–Crippen LogP) is 1.39. The number of nitrogens with one attached hydrogen (secondary N) is 1. The van der Waals surface area contributed by atoms with Crippen LogP contribution in [0.4, 0.5) is 0 Å². The van der Waals surface area contributed by atoms with E-state index in [-0.39, 0.29) is 11.9 Å². The van der Waals surface area contributed by atoms with E-state index in [0.29, 0.717) is 17.0 Å². The minimum atomic E-state index is -0.253. The fourth-order valence-electron chi connectivity index (χ4n) is 2.72. The summed E-state index contributed by atoms with van der Waals surface area (Å²) >= 11 is 1.72. The third-order valence-corrected chi connectivity index (χ3v) is 4.67. The fraction of sp³-hybridized carbons (Fsp3) is 0.250. The molecule has 0 radical (unpaired) electrons. The normalized spacial score (nSPS) is 12.5. The Bertz CT molecular complexity index is 1060. The topological polar surface area (TPSA) is 102 Å². The van der Waals surface area contributed by atoms with Gasteiger partial charge >= 0.3 is 0 Å². The summed E-state index contributed by atoms with van der Waals surface area (Å²) in [6.07, 6.45) is 6.29. The maximum Gasteiger partial charge on any atom is 0.253 e. The number of pyridine rings is 2. The third-order valence-electron chi connectivity index (χ3n) is 4.02. The number of carbonyl (C=O) groups excluding carboxylic acids is 1. The van der Waals surface area contributed by atoms with Crippen molar-refractivity contribution >= 4 is 29.0 Å². The lowest BCUT2D eigenvalue weighted by atomic mass is 10.2. The van der Waals surface area contributed by atoms with Crippen molar-refractivity contribution in [3.8, 4) is 0 Å². The molecule has 9 nitrogen and oxygen atoms in total. The Kier molecular flexibility index (Phi) is 4.48. The minimum absolute atomic E-state index is 0.207. The fourth-order valence-corrected chi connectivity index (χ4v) is 3.19. The smallest absolute Gasteiger partial charge is 0.253 e. The van der Waals surface area contributed by atoms with E-state index < -0.39 is 0 Å². The van der Waals surface area contributed by atoms with Gasteiger partial charge in [0, 0.05) is 12.4 Å². The molecule has 4 aromatic heterocycles. The van der Waals surface area contributed by atoms with E-state index in [1.165, 1.54) is 4.52 Å². The van der Waals surface area contributed by atoms with Crippen molar-refractivity contribution in [1.29, 1.82) is 0 Å². The zero-order chi connectivity index (χ0) is 17.9. The highest BCUT2D eigenvalue weighted by Crippen LogP contribution is 2.19. The third kappa shape index (κ3) is 3.10. The molecule has 1 amide bonds. The van der Waals surface area contributed by atoms with Gasteiger partial charge in [0.2, 0.25) is 0 Å². The minimum Gasteiger partial charge on any atom is -0.342 e. The number of thioether (sulfide) groups is 1. The summed E-state index contributed by atoms with van der Waals surface area (Å²) in [5.74, 6) is 1.39. The molecule has 0 bridgehead atoms. The van der Waals surface area contributed by atoms with E-state index in [0.717, 1.165) is 17.8 Å². The Balaban J connectivity index is 1.63. The summed E-state index contributed by atoms with van der Waals surface area (Å²) in [7, 11) is 0. The van der Waals surface area contributed by atoms with Gasteiger partial charge < -0.3 is 5.32 Å². The molecule has 132 valence electrons. The number of hydrogen-bond donors (Lipinski definition) is 1. The first-order chi connectivity index (χ1) is 12.8. The monoisotopic (exact) mass is 368 g/mol. The molecule has 0 aliphatic carbocycles. The lowest BCUT2D eigenvalue weighted by molar-refractivity contribution is 0.0933. The lowest BCUT2D eigenvalue weighted by Crippen LogP contribution is -2.30. The Labute approximate surface area is 152 Å². The number of carbonyl (C=O) groups is 1. The highest BCUT2D eigenvalue weighted by Gasteiger charge is 2.21. The molecule has 0 fully saturated rings. The van der Waals surface area contributed by atoms with Crippen LogP contribution in [0, 0.1) is 0 Å². The molecule has 1 N–H and O–H groups in total. The maximum absolute atomic E-state index is 12.8. The average Bonchev–Trinajstić information content (AvgIpc) is 3.31. The van der Waals surface area contributed by atoms with E-state index >= 15 is 0 Å². The number of amides is 1. The molecule has 26 heavy (non-hydrogen) atoms. The van der Waals surface area contributed by atoms with Crippen molar-refractivity contribution in [3.63, 3.8) is 0 Å². The molecule has 0 saturated carbocycles. The maximum atomic E-state index is 12.8. The molecule has 0 spiro atoms. The van der Waals surface area contributed by atoms with Crippen LogP contribution in [0.25, 0.3) is 11.3 Å². The molecule has 1 atom stereocenters. The Hall–Kier alpha value is -3.01. The van der Waals surface area contributed by atoms with E-state index in [2.05, 4.69) is 31.0 Å². The van der Waals surface area contributed by atoms with Crippen molar-refractivity contribution in [2.45, 2.75) is 12.5 Å². The van der Waals surface area contributed by atoms with E-state index in [1.54, 1.807) is 30.1 Å². The van der Waals surface area contributed by atoms with Crippen LogP contribution in [0.2, 0.25) is 0 Å². The van der Waals surface area contributed by atoms with E-state index in [9.17, 15) is 4.79 Å². The highest BCUT2D eigenvalue weighted by atomic mass is 32.2. The van der Waals surface area contributed by atoms with Crippen molar-refractivity contribution in [3.05, 3.63) is 54.1 Å². The van der Waals surface area contributed by atoms with Gasteiger partial charge in [-0.25, -0.2) is 0 Å². The second-order valence-corrected chi connectivity index (χ2v) is 6.68. The summed E-state index contributed by atoms with van der Waals surface area (Å²) < 4.78 is 3.37. The molecular formula is C16H16N8OS. The van der Waals surface area contributed by atoms with Crippen molar-refractivity contribution in [2.24, 2.45) is 0 Å². The number of fused-ring (bicyclic) bond motifs is 2. The molecule has 0 aliphatic rings. The predicted molar refractivity (Wildman–Crippen MR) is 97.0 cm³/mol. The molecule has 0 aromatic carbocycles. The SMILES string of the molecule is CSCC[C@H](NC(=O)c1ccc2nnnn2c1)c1nnc2ccccn12. The van der Waals surface area contributed by atoms with Gasteiger partial charge in [-0.1, -0.05) is 6.07 Å². The molecule has 10 heteroatoms. The van der Waals surface area contributed by atoms with Gasteiger partial charge in [-0.15, -0.1) is 15.3 Å². The number of hydrogen-bond acceptors (Lipinski definition) is 7. The Morgan fingerprint density at radius 3 is 3.00 bits per heavy atom. The largest absolute Gasteiger partial charge is 0.342 e. The Morgan fingerprint density at radius 1 is 1.19 bits per heavy atom. The summed E-state index contributed by atoms with van der Waals surface area (Å²) in [6, 6.07) is 8.86. The zero-order valence-electron chi connectivity index (χ0n) is 14.0. The second-order valence-electron chi connectivity index (χ2n) is 5.69. The summed E-state index contributed by atoms with van der Waals surface area (Å²) in [5, 5.41) is 22.8. The van der Waals surface area contributed by atoms with E-state index in [1.807, 2.05) is 35.1 Å². The van der Waals surface area contributed by atoms with Gasteiger partial charge in [0.15, 0.2) is 17.1 Å². The van der Waals surface area contributed by atoms with Crippen molar-refractivity contribution in [2.75, 3.05) is 12.0 Å². The first-order valence-corrected chi connectivity index (χ1v) is 9.43. The van der Waals surface area contributed by atoms with Crippen LogP contribution >= 0.6 is 11.8 Å². The van der Waals surface area contributed by atoms with Crippen LogP contribution in [0.3, 0.4) is 0 Å². The van der Waals surface area contributed by atoms with Gasteiger partial charge in [-0.3, -0.25) is 9.20 Å². The molecule has 0 saturated heterocycles. The first kappa shape index (κ1) is 16.5. The summed E-state index contributed by atoms with van der Waals surface area (Å²) in [5.41, 5.74) is 1.82. The molecule has 0 aliphatic heterocycles. The number of rotatable bonds is 6. The number of nitrogens with zero attached hydrogens (tertiary/aromatic N) is 7. The van der Waals surface area contributed by atoms with Crippen LogP contribution in [-0.2, 0) is 0 Å². The second kappa shape index (κ2) is 7.08. The summed E-state index contributed by atoms with van der Waals surface area (Å²) in [6.45, 7) is 0. The van der Waals surface area contributed by atoms with Gasteiger partial charge in [0.25, 0.3) is 5.91 Å². The van der Waals surface area contributed by atoms with Crippen LogP contribution in [-0.4, -0.2) is 52.6 Å². The molecule has 4 rings (SSSR count). The average molecular weight is 368 g/mol. The van der Waals surface area contributed by atoms with Crippen LogP contribution in [0.1, 0.15) is 28.6 Å². The van der Waals surface area contributed by atoms with Crippen LogP contribution in [0.5, 0.6) is 0 Å². The van der Waals surface area contributed by atoms with Crippen molar-refractivity contribution < 1.29 is 4.79 Å². The standard InChI is InChI=1S/C16H16N8OS/c1-26-9-7-12(15-20-18-13-4-2-3-8-23(13)15)17-16(25)11-5-6-14-19-21-22-24(14)10-11/h2-6,8,10,12H,7,9H2,1H3,(H,17,25)/t12-/m0/s1. The number of aromatic nitrogens is 7. The quantitative estimate of drug-likeness (QED) is 0.548. The van der Waals surface area contributed by atoms with Crippen LogP contribution < -0.4 is 5.32 Å². The van der Waals surface area contributed by atoms with E-state index in [4.69, 9.17) is 0 Å². The Morgan fingerprint density at radius 2 is 2.12 bits per heavy atom. The van der Waals surface area contributed by atoms with Crippen LogP contribution in [0.15, 0.2) is 42.7 Å².